The van der Waals surface area contributed by atoms with Crippen LogP contribution in [0.3, 0.4) is 0 Å². The van der Waals surface area contributed by atoms with Crippen LogP contribution in [0.5, 0.6) is 0 Å². The molecule has 0 saturated heterocycles. The summed E-state index contributed by atoms with van der Waals surface area (Å²) in [6.07, 6.45) is 0. The second-order valence-electron chi connectivity index (χ2n) is 15.1. The lowest BCUT2D eigenvalue weighted by Crippen LogP contribution is -2.28. The molecule has 58 heavy (non-hydrogen) atoms. The van der Waals surface area contributed by atoms with E-state index in [2.05, 4.69) is 200 Å². The Hall–Kier alpha value is -7.69. The van der Waals surface area contributed by atoms with Crippen LogP contribution in [-0.4, -0.2) is 15.0 Å². The molecule has 0 spiro atoms. The maximum Gasteiger partial charge on any atom is 0.167 e. The Labute approximate surface area is 334 Å². The van der Waals surface area contributed by atoms with Crippen LogP contribution in [-0.2, 0) is 5.41 Å². The second kappa shape index (κ2) is 12.7. The number of benzene rings is 9. The Bertz CT molecular complexity index is 3260. The zero-order chi connectivity index (χ0) is 38.2. The van der Waals surface area contributed by atoms with Crippen molar-refractivity contribution in [3.8, 4) is 45.3 Å². The van der Waals surface area contributed by atoms with Crippen LogP contribution in [0.25, 0.3) is 88.8 Å². The first-order valence-corrected chi connectivity index (χ1v) is 19.7. The van der Waals surface area contributed by atoms with Crippen LogP contribution in [0.2, 0.25) is 0 Å². The summed E-state index contributed by atoms with van der Waals surface area (Å²) in [7, 11) is 0. The van der Waals surface area contributed by atoms with Gasteiger partial charge in [-0.3, -0.25) is 0 Å². The van der Waals surface area contributed by atoms with Crippen molar-refractivity contribution in [1.29, 1.82) is 0 Å². The van der Waals surface area contributed by atoms with E-state index in [1.807, 2.05) is 0 Å². The quantitative estimate of drug-likeness (QED) is 0.176. The molecule has 0 fully saturated rings. The SMILES string of the molecule is c1ccc(C2(c3ccccc3)c3ccccc3-c3cc4c(cc32)oc2c(-c3nc(-c5cccc6ccccc56)nc(-c5cccc6ccccc56)n3)cccc24)cc1. The molecule has 0 N–H and O–H groups in total. The normalized spacial score (nSPS) is 13.0. The molecule has 12 rings (SSSR count). The average molecular weight is 740 g/mol. The Morgan fingerprint density at radius 2 is 0.793 bits per heavy atom. The van der Waals surface area contributed by atoms with E-state index < -0.39 is 5.41 Å². The number of nitrogens with zero attached hydrogens (tertiary/aromatic N) is 3. The van der Waals surface area contributed by atoms with Crippen molar-refractivity contribution < 1.29 is 4.42 Å². The van der Waals surface area contributed by atoms with Crippen molar-refractivity contribution in [2.45, 2.75) is 5.41 Å². The highest BCUT2D eigenvalue weighted by Gasteiger charge is 2.46. The fourth-order valence-electron chi connectivity index (χ4n) is 9.49. The predicted molar refractivity (Wildman–Crippen MR) is 236 cm³/mol. The van der Waals surface area contributed by atoms with E-state index >= 15 is 0 Å². The molecule has 9 aromatic carbocycles. The van der Waals surface area contributed by atoms with E-state index in [1.54, 1.807) is 0 Å². The highest BCUT2D eigenvalue weighted by molar-refractivity contribution is 6.12. The Morgan fingerprint density at radius 1 is 0.328 bits per heavy atom. The lowest BCUT2D eigenvalue weighted by atomic mass is 9.67. The lowest BCUT2D eigenvalue weighted by molar-refractivity contribution is 0.666. The average Bonchev–Trinajstić information content (AvgIpc) is 3.81. The minimum Gasteiger partial charge on any atom is -0.455 e. The molecule has 0 bridgehead atoms. The standard InChI is InChI=1S/C54H33N3O/c1-3-20-36(21-4-1)54(37-22-5-2-6-23-37)47-31-12-11-26-40(47)45-32-46-41-27-15-30-44(50(41)58-49(46)33-48(45)54)53-56-51(42-28-13-18-34-16-7-9-24-38(34)42)55-52(57-53)43-29-14-19-35-17-8-10-25-39(35)43/h1-33H. The van der Waals surface area contributed by atoms with Crippen LogP contribution in [0.1, 0.15) is 22.3 Å². The first-order valence-electron chi connectivity index (χ1n) is 19.7. The number of para-hydroxylation sites is 1. The highest BCUT2D eigenvalue weighted by Crippen LogP contribution is 2.57. The highest BCUT2D eigenvalue weighted by atomic mass is 16.3. The topological polar surface area (TPSA) is 51.8 Å². The van der Waals surface area contributed by atoms with E-state index in [9.17, 15) is 0 Å². The third-order valence-corrected chi connectivity index (χ3v) is 12.0. The predicted octanol–water partition coefficient (Wildman–Crippen LogP) is 13.4. The van der Waals surface area contributed by atoms with E-state index in [0.717, 1.165) is 60.2 Å². The molecular weight excluding hydrogens is 707 g/mol. The summed E-state index contributed by atoms with van der Waals surface area (Å²) in [5, 5.41) is 6.50. The van der Waals surface area contributed by atoms with Crippen molar-refractivity contribution >= 4 is 43.5 Å². The maximum atomic E-state index is 7.06. The molecule has 0 unspecified atom stereocenters. The van der Waals surface area contributed by atoms with Crippen LogP contribution in [0.4, 0.5) is 0 Å². The minimum absolute atomic E-state index is 0.528. The molecule has 270 valence electrons. The Morgan fingerprint density at radius 3 is 1.43 bits per heavy atom. The van der Waals surface area contributed by atoms with Gasteiger partial charge in [0, 0.05) is 21.9 Å². The summed E-state index contributed by atoms with van der Waals surface area (Å²) in [5.41, 5.74) is 11.1. The van der Waals surface area contributed by atoms with Crippen molar-refractivity contribution in [2.24, 2.45) is 0 Å². The molecule has 4 heteroatoms. The summed E-state index contributed by atoms with van der Waals surface area (Å²) >= 11 is 0. The number of aromatic nitrogens is 3. The van der Waals surface area contributed by atoms with Gasteiger partial charge in [-0.1, -0.05) is 182 Å². The van der Waals surface area contributed by atoms with E-state index in [0.29, 0.717) is 17.5 Å². The fourth-order valence-corrected chi connectivity index (χ4v) is 9.49. The van der Waals surface area contributed by atoms with Gasteiger partial charge in [-0.05, 0) is 73.1 Å². The molecule has 1 aliphatic rings. The number of hydrogen-bond acceptors (Lipinski definition) is 4. The second-order valence-corrected chi connectivity index (χ2v) is 15.1. The van der Waals surface area contributed by atoms with E-state index in [-0.39, 0.29) is 0 Å². The molecular formula is C54H33N3O. The number of hydrogen-bond donors (Lipinski definition) is 0. The molecule has 2 heterocycles. The van der Waals surface area contributed by atoms with Crippen molar-refractivity contribution in [3.63, 3.8) is 0 Å². The summed E-state index contributed by atoms with van der Waals surface area (Å²) in [4.78, 5) is 15.7. The van der Waals surface area contributed by atoms with Gasteiger partial charge in [0.05, 0.1) is 11.0 Å². The van der Waals surface area contributed by atoms with Gasteiger partial charge in [0.15, 0.2) is 17.5 Å². The monoisotopic (exact) mass is 739 g/mol. The molecule has 0 saturated carbocycles. The van der Waals surface area contributed by atoms with Gasteiger partial charge in [0.25, 0.3) is 0 Å². The molecule has 0 aliphatic heterocycles. The first kappa shape index (κ1) is 32.5. The molecule has 0 atom stereocenters. The Kier molecular flexibility index (Phi) is 7.11. The van der Waals surface area contributed by atoms with Crippen LogP contribution >= 0.6 is 0 Å². The van der Waals surface area contributed by atoms with Crippen molar-refractivity contribution in [2.75, 3.05) is 0 Å². The van der Waals surface area contributed by atoms with Gasteiger partial charge in [-0.2, -0.15) is 0 Å². The van der Waals surface area contributed by atoms with Gasteiger partial charge in [0.2, 0.25) is 0 Å². The van der Waals surface area contributed by atoms with E-state index in [1.165, 1.54) is 33.4 Å². The number of fused-ring (bicyclic) bond motifs is 8. The molecule has 0 radical (unpaired) electrons. The summed E-state index contributed by atoms with van der Waals surface area (Å²) < 4.78 is 7.06. The van der Waals surface area contributed by atoms with Crippen LogP contribution < -0.4 is 0 Å². The smallest absolute Gasteiger partial charge is 0.167 e. The first-order chi connectivity index (χ1) is 28.8. The summed E-state index contributed by atoms with van der Waals surface area (Å²) in [6, 6.07) is 70.9. The summed E-state index contributed by atoms with van der Waals surface area (Å²) in [6.45, 7) is 0. The molecule has 11 aromatic rings. The van der Waals surface area contributed by atoms with Gasteiger partial charge < -0.3 is 4.42 Å². The Balaban J connectivity index is 1.13. The van der Waals surface area contributed by atoms with Crippen LogP contribution in [0.15, 0.2) is 205 Å². The molecule has 2 aromatic heterocycles. The lowest BCUT2D eigenvalue weighted by Gasteiger charge is -2.33. The molecule has 1 aliphatic carbocycles. The van der Waals surface area contributed by atoms with Crippen molar-refractivity contribution in [1.82, 2.24) is 15.0 Å². The maximum absolute atomic E-state index is 7.06. The van der Waals surface area contributed by atoms with Gasteiger partial charge in [-0.15, -0.1) is 0 Å². The zero-order valence-electron chi connectivity index (χ0n) is 31.3. The minimum atomic E-state index is -0.528. The third-order valence-electron chi connectivity index (χ3n) is 12.0. The number of rotatable bonds is 5. The largest absolute Gasteiger partial charge is 0.455 e. The van der Waals surface area contributed by atoms with Crippen molar-refractivity contribution in [3.05, 3.63) is 222 Å². The molecule has 0 amide bonds. The van der Waals surface area contributed by atoms with Crippen LogP contribution in [0, 0.1) is 0 Å². The number of furan rings is 1. The zero-order valence-corrected chi connectivity index (χ0v) is 31.3. The third kappa shape index (κ3) is 4.72. The fraction of sp³-hybridized carbons (Fsp3) is 0.0185. The van der Waals surface area contributed by atoms with Gasteiger partial charge in [-0.25, -0.2) is 15.0 Å². The van der Waals surface area contributed by atoms with Gasteiger partial charge >= 0.3 is 0 Å². The van der Waals surface area contributed by atoms with E-state index in [4.69, 9.17) is 19.4 Å². The van der Waals surface area contributed by atoms with Gasteiger partial charge in [0.1, 0.15) is 11.2 Å². The molecule has 4 nitrogen and oxygen atoms in total. The summed E-state index contributed by atoms with van der Waals surface area (Å²) in [5.74, 6) is 1.79.